The van der Waals surface area contributed by atoms with Crippen LogP contribution in [-0.4, -0.2) is 15.0 Å². The maximum Gasteiger partial charge on any atom is 0.138 e. The first-order valence-corrected chi connectivity index (χ1v) is 6.35. The molecule has 2 aromatic heterocycles. The minimum absolute atomic E-state index is 0.856. The summed E-state index contributed by atoms with van der Waals surface area (Å²) in [6.45, 7) is 0. The molecule has 0 fully saturated rings. The summed E-state index contributed by atoms with van der Waals surface area (Å²) in [4.78, 5) is 11.9. The van der Waals surface area contributed by atoms with Gasteiger partial charge in [0, 0.05) is 23.5 Å². The molecule has 3 aromatic rings. The third-order valence-corrected chi connectivity index (χ3v) is 3.23. The van der Waals surface area contributed by atoms with Crippen molar-refractivity contribution in [3.05, 3.63) is 59.5 Å². The first-order valence-electron chi connectivity index (χ1n) is 5.56. The van der Waals surface area contributed by atoms with Crippen molar-refractivity contribution in [3.8, 4) is 22.6 Å². The van der Waals surface area contributed by atoms with Crippen LogP contribution in [0.1, 0.15) is 0 Å². The summed E-state index contributed by atoms with van der Waals surface area (Å²) in [7, 11) is 0. The maximum absolute atomic E-state index is 4.62. The highest BCUT2D eigenvalue weighted by Crippen LogP contribution is 2.28. The lowest BCUT2D eigenvalue weighted by atomic mass is 10.2. The Hall–Kier alpha value is -1.94. The van der Waals surface area contributed by atoms with Crippen molar-refractivity contribution >= 4 is 15.9 Å². The Balaban J connectivity index is 2.07. The number of halogens is 1. The Labute approximate surface area is 113 Å². The van der Waals surface area contributed by atoms with E-state index in [1.807, 2.05) is 42.5 Å². The molecule has 0 unspecified atom stereocenters. The molecule has 88 valence electrons. The number of aromatic amines is 1. The normalized spacial score (nSPS) is 10.5. The van der Waals surface area contributed by atoms with Gasteiger partial charge in [0.15, 0.2) is 0 Å². The molecule has 0 spiro atoms. The molecule has 0 aliphatic rings. The Bertz CT molecular complexity index is 647. The fourth-order valence-electron chi connectivity index (χ4n) is 1.79. The van der Waals surface area contributed by atoms with Crippen LogP contribution in [0.3, 0.4) is 0 Å². The molecule has 0 amide bonds. The van der Waals surface area contributed by atoms with E-state index >= 15 is 0 Å². The molecule has 3 nitrogen and oxygen atoms in total. The molecule has 3 rings (SSSR count). The van der Waals surface area contributed by atoms with Crippen LogP contribution in [-0.2, 0) is 0 Å². The van der Waals surface area contributed by atoms with Gasteiger partial charge in [0.05, 0.1) is 0 Å². The summed E-state index contributed by atoms with van der Waals surface area (Å²) < 4.78 is 0.882. The van der Waals surface area contributed by atoms with Crippen LogP contribution in [0.4, 0.5) is 0 Å². The number of H-pyrrole nitrogens is 1. The second kappa shape index (κ2) is 4.74. The standard InChI is InChI=1S/C14H10BrN3/c15-13-12(10-6-8-16-9-7-10)17-14(18-13)11-4-2-1-3-5-11/h1-9H,(H,17,18). The van der Waals surface area contributed by atoms with E-state index in [1.165, 1.54) is 0 Å². The fourth-order valence-corrected chi connectivity index (χ4v) is 2.29. The van der Waals surface area contributed by atoms with Gasteiger partial charge in [0.1, 0.15) is 16.1 Å². The van der Waals surface area contributed by atoms with Crippen LogP contribution < -0.4 is 0 Å². The molecule has 1 aromatic carbocycles. The van der Waals surface area contributed by atoms with E-state index in [4.69, 9.17) is 0 Å². The van der Waals surface area contributed by atoms with E-state index in [-0.39, 0.29) is 0 Å². The molecular weight excluding hydrogens is 290 g/mol. The minimum Gasteiger partial charge on any atom is -0.332 e. The van der Waals surface area contributed by atoms with Crippen LogP contribution in [0.2, 0.25) is 0 Å². The highest BCUT2D eigenvalue weighted by atomic mass is 79.9. The van der Waals surface area contributed by atoms with Crippen molar-refractivity contribution < 1.29 is 0 Å². The Morgan fingerprint density at radius 3 is 2.33 bits per heavy atom. The topological polar surface area (TPSA) is 41.6 Å². The highest BCUT2D eigenvalue weighted by molar-refractivity contribution is 9.10. The maximum atomic E-state index is 4.62. The molecule has 0 aliphatic heterocycles. The smallest absolute Gasteiger partial charge is 0.138 e. The van der Waals surface area contributed by atoms with Gasteiger partial charge in [-0.1, -0.05) is 30.3 Å². The minimum atomic E-state index is 0.856. The van der Waals surface area contributed by atoms with Gasteiger partial charge >= 0.3 is 0 Å². The second-order valence-electron chi connectivity index (χ2n) is 3.85. The van der Waals surface area contributed by atoms with E-state index in [0.29, 0.717) is 0 Å². The highest BCUT2D eigenvalue weighted by Gasteiger charge is 2.10. The largest absolute Gasteiger partial charge is 0.332 e. The summed E-state index contributed by atoms with van der Waals surface area (Å²) in [5.41, 5.74) is 3.00. The summed E-state index contributed by atoms with van der Waals surface area (Å²) in [5.74, 6) is 0.856. The number of rotatable bonds is 2. The monoisotopic (exact) mass is 299 g/mol. The van der Waals surface area contributed by atoms with Crippen molar-refractivity contribution in [2.24, 2.45) is 0 Å². The van der Waals surface area contributed by atoms with Crippen LogP contribution in [0.15, 0.2) is 59.5 Å². The second-order valence-corrected chi connectivity index (χ2v) is 4.64. The number of benzene rings is 1. The van der Waals surface area contributed by atoms with Crippen molar-refractivity contribution in [1.82, 2.24) is 15.0 Å². The molecule has 1 N–H and O–H groups in total. The predicted molar refractivity (Wildman–Crippen MR) is 75.0 cm³/mol. The number of pyridine rings is 1. The number of aromatic nitrogens is 3. The summed E-state index contributed by atoms with van der Waals surface area (Å²) in [6, 6.07) is 13.9. The van der Waals surface area contributed by atoms with Crippen molar-refractivity contribution in [2.45, 2.75) is 0 Å². The summed E-state index contributed by atoms with van der Waals surface area (Å²) in [6.07, 6.45) is 3.53. The number of hydrogen-bond acceptors (Lipinski definition) is 2. The van der Waals surface area contributed by atoms with Gasteiger partial charge in [0.2, 0.25) is 0 Å². The van der Waals surface area contributed by atoms with Crippen LogP contribution >= 0.6 is 15.9 Å². The zero-order valence-corrected chi connectivity index (χ0v) is 11.1. The molecule has 0 bridgehead atoms. The van der Waals surface area contributed by atoms with Gasteiger partial charge in [-0.2, -0.15) is 0 Å². The van der Waals surface area contributed by atoms with Crippen LogP contribution in [0.5, 0.6) is 0 Å². The lowest BCUT2D eigenvalue weighted by molar-refractivity contribution is 1.29. The fraction of sp³-hybridized carbons (Fsp3) is 0. The molecule has 18 heavy (non-hydrogen) atoms. The lowest BCUT2D eigenvalue weighted by Gasteiger charge is -1.95. The van der Waals surface area contributed by atoms with E-state index in [9.17, 15) is 0 Å². The van der Waals surface area contributed by atoms with Gasteiger partial charge in [-0.15, -0.1) is 0 Å². The van der Waals surface area contributed by atoms with E-state index in [1.54, 1.807) is 12.4 Å². The van der Waals surface area contributed by atoms with E-state index in [2.05, 4.69) is 30.9 Å². The molecule has 4 heteroatoms. The van der Waals surface area contributed by atoms with Crippen molar-refractivity contribution in [3.63, 3.8) is 0 Å². The van der Waals surface area contributed by atoms with Crippen molar-refractivity contribution in [2.75, 3.05) is 0 Å². The molecule has 0 radical (unpaired) electrons. The summed E-state index contributed by atoms with van der Waals surface area (Å²) in [5, 5.41) is 0. The molecule has 0 saturated heterocycles. The predicted octanol–water partition coefficient (Wildman–Crippen LogP) is 3.90. The molecule has 0 saturated carbocycles. The SMILES string of the molecule is Brc1[nH]c(-c2ccccc2)nc1-c1ccncc1. The van der Waals surface area contributed by atoms with E-state index in [0.717, 1.165) is 27.2 Å². The number of imidazole rings is 1. The molecule has 0 aliphatic carbocycles. The van der Waals surface area contributed by atoms with Crippen LogP contribution in [0, 0.1) is 0 Å². The Morgan fingerprint density at radius 1 is 0.889 bits per heavy atom. The third-order valence-electron chi connectivity index (χ3n) is 2.66. The first-order chi connectivity index (χ1) is 8.84. The number of nitrogens with one attached hydrogen (secondary N) is 1. The van der Waals surface area contributed by atoms with Gasteiger partial charge in [0.25, 0.3) is 0 Å². The summed E-state index contributed by atoms with van der Waals surface area (Å²) >= 11 is 3.51. The van der Waals surface area contributed by atoms with Crippen molar-refractivity contribution in [1.29, 1.82) is 0 Å². The third kappa shape index (κ3) is 2.07. The number of nitrogens with zero attached hydrogens (tertiary/aromatic N) is 2. The van der Waals surface area contributed by atoms with Gasteiger partial charge in [-0.3, -0.25) is 4.98 Å². The average Bonchev–Trinajstić information content (AvgIpc) is 2.83. The quantitative estimate of drug-likeness (QED) is 0.780. The Morgan fingerprint density at radius 2 is 1.61 bits per heavy atom. The lowest BCUT2D eigenvalue weighted by Crippen LogP contribution is -1.80. The first kappa shape index (κ1) is 11.2. The molecular formula is C14H10BrN3. The Kier molecular flexibility index (Phi) is 2.94. The van der Waals surface area contributed by atoms with Gasteiger partial charge in [-0.25, -0.2) is 4.98 Å². The average molecular weight is 300 g/mol. The zero-order valence-electron chi connectivity index (χ0n) is 9.47. The van der Waals surface area contributed by atoms with Gasteiger partial charge < -0.3 is 4.98 Å². The van der Waals surface area contributed by atoms with Gasteiger partial charge in [-0.05, 0) is 28.1 Å². The zero-order chi connectivity index (χ0) is 12.4. The number of hydrogen-bond donors (Lipinski definition) is 1. The van der Waals surface area contributed by atoms with Crippen LogP contribution in [0.25, 0.3) is 22.6 Å². The molecule has 2 heterocycles. The molecule has 0 atom stereocenters. The van der Waals surface area contributed by atoms with E-state index < -0.39 is 0 Å².